The summed E-state index contributed by atoms with van der Waals surface area (Å²) in [4.78, 5) is 26.6. The molecular weight excluding hydrogens is 354 g/mol. The van der Waals surface area contributed by atoms with Crippen LogP contribution in [0.25, 0.3) is 0 Å². The molecule has 8 heteroatoms. The van der Waals surface area contributed by atoms with Gasteiger partial charge in [-0.15, -0.1) is 0 Å². The maximum atomic E-state index is 13.0. The lowest BCUT2D eigenvalue weighted by atomic mass is 9.97. The van der Waals surface area contributed by atoms with Crippen LogP contribution in [-0.4, -0.2) is 48.8 Å². The van der Waals surface area contributed by atoms with E-state index in [4.69, 9.17) is 0 Å². The summed E-state index contributed by atoms with van der Waals surface area (Å²) in [6, 6.07) is 3.57. The highest BCUT2D eigenvalue weighted by Crippen LogP contribution is 2.32. The number of carbonyl (C=O) groups excluding carboxylic acids is 1. The standard InChI is InChI=1S/C20H25N7O/c1-13-14(2)25-27(15(13)3)11-9-22-20(28)26-10-6-17-18(24-12-23-17)19(26)16-4-7-21-8-5-16/h4-5,7-8,12,19H,6,9-11H2,1-3H3,(H,22,28)(H,23,24)/t19-/m0/s1. The Balaban J connectivity index is 1.49. The summed E-state index contributed by atoms with van der Waals surface area (Å²) in [6.45, 7) is 7.93. The summed E-state index contributed by atoms with van der Waals surface area (Å²) >= 11 is 0. The van der Waals surface area contributed by atoms with Gasteiger partial charge in [-0.3, -0.25) is 9.67 Å². The van der Waals surface area contributed by atoms with Gasteiger partial charge in [-0.1, -0.05) is 0 Å². The molecule has 146 valence electrons. The highest BCUT2D eigenvalue weighted by atomic mass is 16.2. The average molecular weight is 379 g/mol. The SMILES string of the molecule is Cc1nn(CCNC(=O)N2CCc3[nH]cnc3[C@@H]2c2ccncc2)c(C)c1C. The first-order chi connectivity index (χ1) is 13.6. The number of nitrogens with one attached hydrogen (secondary N) is 2. The first-order valence-electron chi connectivity index (χ1n) is 9.53. The third-order valence-electron chi connectivity index (χ3n) is 5.55. The van der Waals surface area contributed by atoms with E-state index in [0.29, 0.717) is 19.6 Å². The summed E-state index contributed by atoms with van der Waals surface area (Å²) in [5.41, 5.74) is 6.37. The second kappa shape index (κ2) is 7.46. The molecule has 3 aromatic rings. The molecule has 0 spiro atoms. The number of carbonyl (C=O) groups is 1. The van der Waals surface area contributed by atoms with Crippen LogP contribution in [0.4, 0.5) is 4.79 Å². The zero-order chi connectivity index (χ0) is 19.7. The molecule has 2 amide bonds. The van der Waals surface area contributed by atoms with Crippen LogP contribution in [0.2, 0.25) is 0 Å². The van der Waals surface area contributed by atoms with E-state index in [0.717, 1.165) is 34.8 Å². The van der Waals surface area contributed by atoms with E-state index in [1.54, 1.807) is 18.7 Å². The van der Waals surface area contributed by atoms with Crippen LogP contribution < -0.4 is 5.32 Å². The van der Waals surface area contributed by atoms with E-state index in [9.17, 15) is 4.79 Å². The number of hydrogen-bond acceptors (Lipinski definition) is 4. The van der Waals surface area contributed by atoms with E-state index >= 15 is 0 Å². The van der Waals surface area contributed by atoms with Crippen molar-refractivity contribution in [3.8, 4) is 0 Å². The Hall–Kier alpha value is -3.16. The van der Waals surface area contributed by atoms with Gasteiger partial charge in [0.25, 0.3) is 0 Å². The summed E-state index contributed by atoms with van der Waals surface area (Å²) in [7, 11) is 0. The molecule has 8 nitrogen and oxygen atoms in total. The Morgan fingerprint density at radius 3 is 2.79 bits per heavy atom. The topological polar surface area (TPSA) is 91.7 Å². The zero-order valence-corrected chi connectivity index (χ0v) is 16.4. The van der Waals surface area contributed by atoms with Crippen LogP contribution >= 0.6 is 0 Å². The molecule has 4 rings (SSSR count). The predicted octanol–water partition coefficient (Wildman–Crippen LogP) is 2.28. The summed E-state index contributed by atoms with van der Waals surface area (Å²) in [5, 5.41) is 7.59. The normalized spacial score (nSPS) is 16.1. The molecule has 0 unspecified atom stereocenters. The van der Waals surface area contributed by atoms with Gasteiger partial charge in [0.05, 0.1) is 24.3 Å². The van der Waals surface area contributed by atoms with E-state index in [-0.39, 0.29) is 12.1 Å². The highest BCUT2D eigenvalue weighted by molar-refractivity contribution is 5.75. The molecule has 0 saturated carbocycles. The molecule has 0 radical (unpaired) electrons. The number of nitrogens with zero attached hydrogens (tertiary/aromatic N) is 5. The fourth-order valence-electron chi connectivity index (χ4n) is 3.75. The first kappa shape index (κ1) is 18.2. The molecule has 0 aromatic carbocycles. The molecule has 4 heterocycles. The molecule has 1 aliphatic rings. The number of aromatic nitrogens is 5. The number of amides is 2. The van der Waals surface area contributed by atoms with Gasteiger partial charge >= 0.3 is 6.03 Å². The third kappa shape index (κ3) is 3.26. The van der Waals surface area contributed by atoms with Crippen LogP contribution in [0, 0.1) is 20.8 Å². The Morgan fingerprint density at radius 2 is 2.07 bits per heavy atom. The van der Waals surface area contributed by atoms with Crippen molar-refractivity contribution in [3.63, 3.8) is 0 Å². The number of aromatic amines is 1. The fourth-order valence-corrected chi connectivity index (χ4v) is 3.75. The van der Waals surface area contributed by atoms with Crippen LogP contribution in [0.15, 0.2) is 30.9 Å². The number of H-pyrrole nitrogens is 1. The quantitative estimate of drug-likeness (QED) is 0.727. The molecule has 2 N–H and O–H groups in total. The minimum Gasteiger partial charge on any atom is -0.348 e. The second-order valence-electron chi connectivity index (χ2n) is 7.14. The fraction of sp³-hybridized carbons (Fsp3) is 0.400. The summed E-state index contributed by atoms with van der Waals surface area (Å²) in [6.07, 6.45) is 5.96. The minimum atomic E-state index is -0.214. The molecular formula is C20H25N7O. The molecule has 0 aliphatic carbocycles. The van der Waals surface area contributed by atoms with Crippen molar-refractivity contribution >= 4 is 6.03 Å². The van der Waals surface area contributed by atoms with Crippen LogP contribution in [-0.2, 0) is 13.0 Å². The Kier molecular flexibility index (Phi) is 4.85. The number of rotatable bonds is 4. The number of aryl methyl sites for hydroxylation is 1. The molecule has 0 bridgehead atoms. The maximum absolute atomic E-state index is 13.0. The van der Waals surface area contributed by atoms with Crippen molar-refractivity contribution in [2.75, 3.05) is 13.1 Å². The van der Waals surface area contributed by atoms with Gasteiger partial charge < -0.3 is 15.2 Å². The van der Waals surface area contributed by atoms with Gasteiger partial charge in [0.2, 0.25) is 0 Å². The molecule has 1 atom stereocenters. The number of imidazole rings is 1. The van der Waals surface area contributed by atoms with E-state index < -0.39 is 0 Å². The number of hydrogen-bond donors (Lipinski definition) is 2. The third-order valence-corrected chi connectivity index (χ3v) is 5.55. The molecule has 1 aliphatic heterocycles. The number of fused-ring (bicyclic) bond motifs is 1. The van der Waals surface area contributed by atoms with Gasteiger partial charge in [-0.05, 0) is 44.0 Å². The Labute approximate surface area is 164 Å². The summed E-state index contributed by atoms with van der Waals surface area (Å²) in [5.74, 6) is 0. The van der Waals surface area contributed by atoms with Crippen molar-refractivity contribution in [2.24, 2.45) is 0 Å². The molecule has 0 fully saturated rings. The van der Waals surface area contributed by atoms with Crippen LogP contribution in [0.5, 0.6) is 0 Å². The predicted molar refractivity (Wildman–Crippen MR) is 105 cm³/mol. The molecule has 3 aromatic heterocycles. The Morgan fingerprint density at radius 1 is 1.29 bits per heavy atom. The maximum Gasteiger partial charge on any atom is 0.318 e. The lowest BCUT2D eigenvalue weighted by Crippen LogP contribution is -2.46. The van der Waals surface area contributed by atoms with Crippen LogP contribution in [0.1, 0.15) is 39.9 Å². The van der Waals surface area contributed by atoms with E-state index in [1.165, 1.54) is 5.56 Å². The van der Waals surface area contributed by atoms with Gasteiger partial charge in [-0.2, -0.15) is 5.10 Å². The van der Waals surface area contributed by atoms with Gasteiger partial charge in [0.1, 0.15) is 6.04 Å². The monoisotopic (exact) mass is 379 g/mol. The average Bonchev–Trinajstić information content (AvgIpc) is 3.28. The van der Waals surface area contributed by atoms with Crippen molar-refractivity contribution in [3.05, 3.63) is 64.8 Å². The highest BCUT2D eigenvalue weighted by Gasteiger charge is 2.33. The van der Waals surface area contributed by atoms with Crippen molar-refractivity contribution < 1.29 is 4.79 Å². The first-order valence-corrected chi connectivity index (χ1v) is 9.53. The smallest absolute Gasteiger partial charge is 0.318 e. The lowest BCUT2D eigenvalue weighted by molar-refractivity contribution is 0.178. The van der Waals surface area contributed by atoms with Crippen LogP contribution in [0.3, 0.4) is 0 Å². The van der Waals surface area contributed by atoms with Crippen molar-refractivity contribution in [1.29, 1.82) is 0 Å². The Bertz CT molecular complexity index is 976. The minimum absolute atomic E-state index is 0.0892. The molecule has 0 saturated heterocycles. The number of urea groups is 1. The van der Waals surface area contributed by atoms with Gasteiger partial charge in [-0.25, -0.2) is 9.78 Å². The number of pyridine rings is 1. The second-order valence-corrected chi connectivity index (χ2v) is 7.14. The largest absolute Gasteiger partial charge is 0.348 e. The van der Waals surface area contributed by atoms with E-state index in [1.807, 2.05) is 28.6 Å². The van der Waals surface area contributed by atoms with Crippen molar-refractivity contribution in [2.45, 2.75) is 39.8 Å². The summed E-state index contributed by atoms with van der Waals surface area (Å²) < 4.78 is 1.95. The zero-order valence-electron chi connectivity index (χ0n) is 16.4. The van der Waals surface area contributed by atoms with Gasteiger partial charge in [0.15, 0.2) is 0 Å². The molecule has 28 heavy (non-hydrogen) atoms. The van der Waals surface area contributed by atoms with E-state index in [2.05, 4.69) is 39.2 Å². The van der Waals surface area contributed by atoms with Crippen molar-refractivity contribution in [1.82, 2.24) is 34.9 Å². The lowest BCUT2D eigenvalue weighted by Gasteiger charge is -2.35. The van der Waals surface area contributed by atoms with Gasteiger partial charge in [0, 0.05) is 43.3 Å².